The van der Waals surface area contributed by atoms with E-state index in [2.05, 4.69) is 15.8 Å². The van der Waals surface area contributed by atoms with Gasteiger partial charge in [-0.25, -0.2) is 0 Å². The number of hydrogen-bond donors (Lipinski definition) is 2. The van der Waals surface area contributed by atoms with E-state index in [1.54, 1.807) is 37.4 Å². The number of hydrazone groups is 1. The van der Waals surface area contributed by atoms with Crippen molar-refractivity contribution in [3.8, 4) is 18.2 Å². The van der Waals surface area contributed by atoms with Crippen LogP contribution in [0.1, 0.15) is 5.56 Å². The standard InChI is InChI=1S/C11H8N6/c1-15-11-3-2-9(4-8(11)5-12)16-17-10(6-13)7-14/h2-4,15-16H,1H3. The van der Waals surface area contributed by atoms with E-state index < -0.39 is 0 Å². The minimum Gasteiger partial charge on any atom is -0.387 e. The molecule has 2 N–H and O–H groups in total. The molecule has 0 atom stereocenters. The highest BCUT2D eigenvalue weighted by molar-refractivity contribution is 6.10. The van der Waals surface area contributed by atoms with Crippen molar-refractivity contribution in [3.05, 3.63) is 23.8 Å². The molecule has 0 saturated heterocycles. The molecule has 0 unspecified atom stereocenters. The first kappa shape index (κ1) is 12.0. The highest BCUT2D eigenvalue weighted by atomic mass is 15.3. The lowest BCUT2D eigenvalue weighted by atomic mass is 10.2. The number of nitrogens with zero attached hydrogens (tertiary/aromatic N) is 4. The molecule has 0 aromatic heterocycles. The van der Waals surface area contributed by atoms with Gasteiger partial charge in [-0.2, -0.15) is 20.9 Å². The van der Waals surface area contributed by atoms with Gasteiger partial charge in [0.05, 0.1) is 16.9 Å². The van der Waals surface area contributed by atoms with Gasteiger partial charge in [-0.05, 0) is 18.2 Å². The molecule has 0 spiro atoms. The quantitative estimate of drug-likeness (QED) is 0.596. The Labute approximate surface area is 98.4 Å². The van der Waals surface area contributed by atoms with Gasteiger partial charge in [-0.1, -0.05) is 0 Å². The summed E-state index contributed by atoms with van der Waals surface area (Å²) < 4.78 is 0. The number of nitriles is 3. The molecule has 82 valence electrons. The third-order valence-electron chi connectivity index (χ3n) is 1.92. The van der Waals surface area contributed by atoms with Gasteiger partial charge >= 0.3 is 0 Å². The smallest absolute Gasteiger partial charge is 0.237 e. The molecule has 0 saturated carbocycles. The monoisotopic (exact) mass is 224 g/mol. The first-order valence-electron chi connectivity index (χ1n) is 4.61. The van der Waals surface area contributed by atoms with Gasteiger partial charge in [0.2, 0.25) is 5.71 Å². The van der Waals surface area contributed by atoms with E-state index in [1.807, 2.05) is 6.07 Å². The van der Waals surface area contributed by atoms with Gasteiger partial charge in [0.1, 0.15) is 18.2 Å². The molecule has 1 aromatic rings. The van der Waals surface area contributed by atoms with E-state index in [0.29, 0.717) is 16.9 Å². The lowest BCUT2D eigenvalue weighted by molar-refractivity contribution is 1.33. The Morgan fingerprint density at radius 2 is 1.94 bits per heavy atom. The topological polar surface area (TPSA) is 108 Å². The number of rotatable bonds is 3. The van der Waals surface area contributed by atoms with Gasteiger partial charge in [-0.15, -0.1) is 0 Å². The Morgan fingerprint density at radius 3 is 2.47 bits per heavy atom. The average molecular weight is 224 g/mol. The average Bonchev–Trinajstić information content (AvgIpc) is 2.39. The van der Waals surface area contributed by atoms with Crippen LogP contribution in [0.2, 0.25) is 0 Å². The largest absolute Gasteiger partial charge is 0.387 e. The molecule has 0 aliphatic heterocycles. The van der Waals surface area contributed by atoms with Crippen LogP contribution < -0.4 is 10.7 Å². The van der Waals surface area contributed by atoms with Crippen LogP contribution >= 0.6 is 0 Å². The van der Waals surface area contributed by atoms with E-state index in [1.165, 1.54) is 0 Å². The maximum atomic E-state index is 8.89. The Hall–Kier alpha value is -3.04. The summed E-state index contributed by atoms with van der Waals surface area (Å²) in [5, 5.41) is 32.3. The molecule has 0 aliphatic carbocycles. The summed E-state index contributed by atoms with van der Waals surface area (Å²) in [5.74, 6) is 0. The third kappa shape index (κ3) is 2.95. The molecule has 0 heterocycles. The van der Waals surface area contributed by atoms with Crippen molar-refractivity contribution in [2.75, 3.05) is 17.8 Å². The zero-order valence-corrected chi connectivity index (χ0v) is 9.02. The Balaban J connectivity index is 2.97. The molecular weight excluding hydrogens is 216 g/mol. The fraction of sp³-hybridized carbons (Fsp3) is 0.0909. The van der Waals surface area contributed by atoms with Crippen molar-refractivity contribution >= 4 is 17.1 Å². The van der Waals surface area contributed by atoms with Crippen molar-refractivity contribution < 1.29 is 0 Å². The van der Waals surface area contributed by atoms with E-state index in [0.717, 1.165) is 0 Å². The van der Waals surface area contributed by atoms with Crippen molar-refractivity contribution in [2.45, 2.75) is 0 Å². The molecule has 0 radical (unpaired) electrons. The molecule has 0 fully saturated rings. The number of anilines is 2. The predicted octanol–water partition coefficient (Wildman–Crippen LogP) is 1.42. The molecule has 0 bridgehead atoms. The molecule has 1 aromatic carbocycles. The van der Waals surface area contributed by atoms with Crippen LogP contribution in [0.5, 0.6) is 0 Å². The summed E-state index contributed by atoms with van der Waals surface area (Å²) in [6, 6.07) is 10.2. The SMILES string of the molecule is CNc1ccc(NN=C(C#N)C#N)cc1C#N. The van der Waals surface area contributed by atoms with Crippen LogP contribution in [0.25, 0.3) is 0 Å². The Kier molecular flexibility index (Phi) is 4.07. The number of hydrogen-bond acceptors (Lipinski definition) is 6. The third-order valence-corrected chi connectivity index (χ3v) is 1.92. The minimum absolute atomic E-state index is 0.277. The molecule has 1 rings (SSSR count). The molecule has 6 heteroatoms. The molecule has 0 amide bonds. The number of nitrogens with one attached hydrogen (secondary N) is 2. The summed E-state index contributed by atoms with van der Waals surface area (Å²) >= 11 is 0. The second-order valence-corrected chi connectivity index (χ2v) is 2.92. The summed E-state index contributed by atoms with van der Waals surface area (Å²) in [6.45, 7) is 0. The van der Waals surface area contributed by atoms with Crippen LogP contribution in [-0.4, -0.2) is 12.8 Å². The van der Waals surface area contributed by atoms with Gasteiger partial charge in [0.25, 0.3) is 0 Å². The van der Waals surface area contributed by atoms with Crippen molar-refractivity contribution in [1.29, 1.82) is 15.8 Å². The molecule has 6 nitrogen and oxygen atoms in total. The zero-order chi connectivity index (χ0) is 12.7. The van der Waals surface area contributed by atoms with E-state index >= 15 is 0 Å². The second-order valence-electron chi connectivity index (χ2n) is 2.92. The van der Waals surface area contributed by atoms with Gasteiger partial charge in [-0.3, -0.25) is 5.43 Å². The maximum absolute atomic E-state index is 8.89. The number of benzene rings is 1. The van der Waals surface area contributed by atoms with E-state index in [4.69, 9.17) is 15.8 Å². The van der Waals surface area contributed by atoms with Crippen LogP contribution in [0.15, 0.2) is 23.3 Å². The fourth-order valence-corrected chi connectivity index (χ4v) is 1.12. The van der Waals surface area contributed by atoms with Gasteiger partial charge < -0.3 is 5.32 Å². The molecular formula is C11H8N6. The summed E-state index contributed by atoms with van der Waals surface area (Å²) in [5.41, 5.74) is 3.94. The van der Waals surface area contributed by atoms with Crippen LogP contribution in [-0.2, 0) is 0 Å². The summed E-state index contributed by atoms with van der Waals surface area (Å²) in [6.07, 6.45) is 0. The summed E-state index contributed by atoms with van der Waals surface area (Å²) in [4.78, 5) is 0. The normalized spacial score (nSPS) is 8.12. The first-order chi connectivity index (χ1) is 8.24. The fourth-order valence-electron chi connectivity index (χ4n) is 1.12. The van der Waals surface area contributed by atoms with Crippen LogP contribution in [0.3, 0.4) is 0 Å². The highest BCUT2D eigenvalue weighted by Gasteiger charge is 2.01. The minimum atomic E-state index is -0.277. The Morgan fingerprint density at radius 1 is 1.24 bits per heavy atom. The lowest BCUT2D eigenvalue weighted by Crippen LogP contribution is -1.98. The molecule has 0 aliphatic rings. The van der Waals surface area contributed by atoms with Crippen molar-refractivity contribution in [3.63, 3.8) is 0 Å². The van der Waals surface area contributed by atoms with Crippen LogP contribution in [0.4, 0.5) is 11.4 Å². The van der Waals surface area contributed by atoms with Gasteiger partial charge in [0, 0.05) is 7.05 Å². The molecule has 17 heavy (non-hydrogen) atoms. The highest BCUT2D eigenvalue weighted by Crippen LogP contribution is 2.19. The Bertz CT molecular complexity index is 551. The lowest BCUT2D eigenvalue weighted by Gasteiger charge is -2.05. The van der Waals surface area contributed by atoms with E-state index in [-0.39, 0.29) is 5.71 Å². The van der Waals surface area contributed by atoms with E-state index in [9.17, 15) is 0 Å². The summed E-state index contributed by atoms with van der Waals surface area (Å²) in [7, 11) is 1.71. The maximum Gasteiger partial charge on any atom is 0.237 e. The first-order valence-corrected chi connectivity index (χ1v) is 4.61. The van der Waals surface area contributed by atoms with Crippen molar-refractivity contribution in [1.82, 2.24) is 0 Å². The van der Waals surface area contributed by atoms with Crippen LogP contribution in [0, 0.1) is 34.0 Å². The second kappa shape index (κ2) is 5.75. The predicted molar refractivity (Wildman–Crippen MR) is 63.0 cm³/mol. The zero-order valence-electron chi connectivity index (χ0n) is 9.02. The van der Waals surface area contributed by atoms with Gasteiger partial charge in [0.15, 0.2) is 0 Å². The van der Waals surface area contributed by atoms with Crippen molar-refractivity contribution in [2.24, 2.45) is 5.10 Å².